The van der Waals surface area contributed by atoms with E-state index in [1.54, 1.807) is 31.2 Å². The first-order valence-corrected chi connectivity index (χ1v) is 5.53. The SMILES string of the molecule is COCC(C)N(C)C(=O)c1ccc(C)cc1O. The Morgan fingerprint density at radius 2 is 2.18 bits per heavy atom. The fourth-order valence-electron chi connectivity index (χ4n) is 1.57. The van der Waals surface area contributed by atoms with E-state index < -0.39 is 0 Å². The first-order valence-electron chi connectivity index (χ1n) is 5.53. The van der Waals surface area contributed by atoms with Crippen molar-refractivity contribution in [2.24, 2.45) is 0 Å². The number of aryl methyl sites for hydroxylation is 1. The third-order valence-corrected chi connectivity index (χ3v) is 2.77. The van der Waals surface area contributed by atoms with Crippen LogP contribution in [0.4, 0.5) is 0 Å². The van der Waals surface area contributed by atoms with E-state index >= 15 is 0 Å². The second kappa shape index (κ2) is 5.68. The molecule has 4 nitrogen and oxygen atoms in total. The number of methoxy groups -OCH3 is 1. The van der Waals surface area contributed by atoms with Gasteiger partial charge in [0.15, 0.2) is 0 Å². The van der Waals surface area contributed by atoms with Gasteiger partial charge in [-0.25, -0.2) is 0 Å². The van der Waals surface area contributed by atoms with Crippen LogP contribution in [0.5, 0.6) is 5.75 Å². The summed E-state index contributed by atoms with van der Waals surface area (Å²) in [5.74, 6) is -0.182. The number of rotatable bonds is 4. The number of phenolic OH excluding ortho intramolecular Hbond substituents is 1. The lowest BCUT2D eigenvalue weighted by atomic mass is 10.1. The molecule has 0 spiro atoms. The lowest BCUT2D eigenvalue weighted by molar-refractivity contribution is 0.0631. The van der Waals surface area contributed by atoms with Crippen molar-refractivity contribution in [3.63, 3.8) is 0 Å². The molecule has 0 radical (unpaired) electrons. The van der Waals surface area contributed by atoms with Gasteiger partial charge in [-0.15, -0.1) is 0 Å². The van der Waals surface area contributed by atoms with Gasteiger partial charge < -0.3 is 14.7 Å². The summed E-state index contributed by atoms with van der Waals surface area (Å²) in [5.41, 5.74) is 1.24. The topological polar surface area (TPSA) is 49.8 Å². The number of amides is 1. The number of nitrogens with zero attached hydrogens (tertiary/aromatic N) is 1. The summed E-state index contributed by atoms with van der Waals surface area (Å²) in [6.07, 6.45) is 0. The summed E-state index contributed by atoms with van der Waals surface area (Å²) >= 11 is 0. The minimum Gasteiger partial charge on any atom is -0.507 e. The molecular weight excluding hydrogens is 218 g/mol. The molecule has 0 saturated heterocycles. The van der Waals surface area contributed by atoms with Gasteiger partial charge >= 0.3 is 0 Å². The van der Waals surface area contributed by atoms with Crippen LogP contribution in [0, 0.1) is 6.92 Å². The van der Waals surface area contributed by atoms with Gasteiger partial charge in [0.25, 0.3) is 5.91 Å². The van der Waals surface area contributed by atoms with E-state index in [-0.39, 0.29) is 17.7 Å². The molecule has 0 fully saturated rings. The third kappa shape index (κ3) is 3.20. The van der Waals surface area contributed by atoms with Crippen molar-refractivity contribution in [2.75, 3.05) is 20.8 Å². The highest BCUT2D eigenvalue weighted by Crippen LogP contribution is 2.20. The number of benzene rings is 1. The molecule has 1 unspecified atom stereocenters. The number of hydrogen-bond donors (Lipinski definition) is 1. The van der Waals surface area contributed by atoms with Crippen LogP contribution in [-0.2, 0) is 4.74 Å². The molecule has 0 aliphatic rings. The second-order valence-electron chi connectivity index (χ2n) is 4.24. The number of carbonyl (C=O) groups is 1. The van der Waals surface area contributed by atoms with E-state index in [1.807, 2.05) is 19.9 Å². The summed E-state index contributed by atoms with van der Waals surface area (Å²) in [6.45, 7) is 4.23. The van der Waals surface area contributed by atoms with Crippen LogP contribution < -0.4 is 0 Å². The van der Waals surface area contributed by atoms with Gasteiger partial charge in [-0.3, -0.25) is 4.79 Å². The Hall–Kier alpha value is -1.55. The molecule has 0 saturated carbocycles. The lowest BCUT2D eigenvalue weighted by Crippen LogP contribution is -2.37. The minimum absolute atomic E-state index is 0.0199. The fraction of sp³-hybridized carbons (Fsp3) is 0.462. The summed E-state index contributed by atoms with van der Waals surface area (Å²) in [4.78, 5) is 13.7. The van der Waals surface area contributed by atoms with Gasteiger partial charge in [-0.05, 0) is 31.5 Å². The molecule has 0 bridgehead atoms. The molecule has 0 aliphatic carbocycles. The largest absolute Gasteiger partial charge is 0.507 e. The molecule has 0 heterocycles. The molecule has 4 heteroatoms. The van der Waals surface area contributed by atoms with Crippen LogP contribution in [0.15, 0.2) is 18.2 Å². The van der Waals surface area contributed by atoms with Gasteiger partial charge in [-0.1, -0.05) is 6.07 Å². The summed E-state index contributed by atoms with van der Waals surface area (Å²) in [5, 5.41) is 9.74. The molecular formula is C13H19NO3. The maximum Gasteiger partial charge on any atom is 0.257 e. The Balaban J connectivity index is 2.88. The van der Waals surface area contributed by atoms with Crippen LogP contribution in [0.2, 0.25) is 0 Å². The van der Waals surface area contributed by atoms with Gasteiger partial charge in [0.1, 0.15) is 5.75 Å². The molecule has 1 amide bonds. The molecule has 1 aromatic carbocycles. The number of ether oxygens (including phenoxy) is 1. The summed E-state index contributed by atoms with van der Waals surface area (Å²) in [7, 11) is 3.30. The van der Waals surface area contributed by atoms with Crippen LogP contribution in [-0.4, -0.2) is 42.7 Å². The predicted octanol–water partition coefficient (Wildman–Crippen LogP) is 1.81. The zero-order valence-electron chi connectivity index (χ0n) is 10.7. The lowest BCUT2D eigenvalue weighted by Gasteiger charge is -2.24. The van der Waals surface area contributed by atoms with E-state index in [9.17, 15) is 9.90 Å². The number of aromatic hydroxyl groups is 1. The van der Waals surface area contributed by atoms with Crippen LogP contribution in [0.1, 0.15) is 22.8 Å². The average Bonchev–Trinajstić information content (AvgIpc) is 2.27. The van der Waals surface area contributed by atoms with E-state index in [4.69, 9.17) is 4.74 Å². The van der Waals surface area contributed by atoms with Gasteiger partial charge in [0.2, 0.25) is 0 Å². The third-order valence-electron chi connectivity index (χ3n) is 2.77. The normalized spacial score (nSPS) is 12.2. The predicted molar refractivity (Wildman–Crippen MR) is 66.3 cm³/mol. The first kappa shape index (κ1) is 13.5. The van der Waals surface area contributed by atoms with E-state index in [2.05, 4.69) is 0 Å². The van der Waals surface area contributed by atoms with Crippen LogP contribution in [0.25, 0.3) is 0 Å². The van der Waals surface area contributed by atoms with E-state index in [1.165, 1.54) is 0 Å². The van der Waals surface area contributed by atoms with Crippen molar-refractivity contribution < 1.29 is 14.6 Å². The molecule has 1 rings (SSSR count). The second-order valence-corrected chi connectivity index (χ2v) is 4.24. The van der Waals surface area contributed by atoms with Crippen LogP contribution in [0.3, 0.4) is 0 Å². The van der Waals surface area contributed by atoms with Gasteiger partial charge in [0.05, 0.1) is 18.2 Å². The van der Waals surface area contributed by atoms with Crippen molar-refractivity contribution in [1.29, 1.82) is 0 Å². The highest BCUT2D eigenvalue weighted by Gasteiger charge is 2.19. The van der Waals surface area contributed by atoms with E-state index in [0.29, 0.717) is 12.2 Å². The fourth-order valence-corrected chi connectivity index (χ4v) is 1.57. The highest BCUT2D eigenvalue weighted by molar-refractivity contribution is 5.96. The average molecular weight is 237 g/mol. The van der Waals surface area contributed by atoms with E-state index in [0.717, 1.165) is 5.56 Å². The zero-order chi connectivity index (χ0) is 13.0. The zero-order valence-corrected chi connectivity index (χ0v) is 10.7. The molecule has 1 N–H and O–H groups in total. The maximum atomic E-state index is 12.1. The monoisotopic (exact) mass is 237 g/mol. The Labute approximate surface area is 102 Å². The number of likely N-dealkylation sites (N-methyl/N-ethyl adjacent to an activating group) is 1. The summed E-state index contributed by atoms with van der Waals surface area (Å²) < 4.78 is 5.00. The van der Waals surface area contributed by atoms with Crippen molar-refractivity contribution in [3.8, 4) is 5.75 Å². The quantitative estimate of drug-likeness (QED) is 0.868. The molecule has 1 aromatic rings. The minimum atomic E-state index is -0.202. The van der Waals surface area contributed by atoms with Crippen molar-refractivity contribution >= 4 is 5.91 Å². The van der Waals surface area contributed by atoms with Crippen molar-refractivity contribution in [2.45, 2.75) is 19.9 Å². The number of phenols is 1. The van der Waals surface area contributed by atoms with Crippen molar-refractivity contribution in [1.82, 2.24) is 4.90 Å². The van der Waals surface area contributed by atoms with Gasteiger partial charge in [0, 0.05) is 14.2 Å². The standard InChI is InChI=1S/C13H19NO3/c1-9-5-6-11(12(15)7-9)13(16)14(3)10(2)8-17-4/h5-7,10,15H,8H2,1-4H3. The molecule has 1 atom stereocenters. The smallest absolute Gasteiger partial charge is 0.257 e. The summed E-state index contributed by atoms with van der Waals surface area (Å²) in [6, 6.07) is 5.00. The highest BCUT2D eigenvalue weighted by atomic mass is 16.5. The molecule has 0 aromatic heterocycles. The molecule has 94 valence electrons. The van der Waals surface area contributed by atoms with Crippen LogP contribution >= 0.6 is 0 Å². The Bertz CT molecular complexity index is 404. The Morgan fingerprint density at radius 3 is 2.71 bits per heavy atom. The van der Waals surface area contributed by atoms with Crippen molar-refractivity contribution in [3.05, 3.63) is 29.3 Å². The Morgan fingerprint density at radius 1 is 1.53 bits per heavy atom. The first-order chi connectivity index (χ1) is 7.97. The number of carbonyl (C=O) groups excluding carboxylic acids is 1. The molecule has 17 heavy (non-hydrogen) atoms. The van der Waals surface area contributed by atoms with Gasteiger partial charge in [-0.2, -0.15) is 0 Å². The maximum absolute atomic E-state index is 12.1. The Kier molecular flexibility index (Phi) is 4.52. The number of hydrogen-bond acceptors (Lipinski definition) is 3. The molecule has 0 aliphatic heterocycles.